The van der Waals surface area contributed by atoms with Gasteiger partial charge in [-0.05, 0) is 19.8 Å². The van der Waals surface area contributed by atoms with Crippen molar-refractivity contribution in [2.45, 2.75) is 32.9 Å². The average Bonchev–Trinajstić information content (AvgIpc) is 2.13. The predicted molar refractivity (Wildman–Crippen MR) is 69.3 cm³/mol. The first kappa shape index (κ1) is 15.9. The van der Waals surface area contributed by atoms with Gasteiger partial charge in [0.05, 0.1) is 11.0 Å². The van der Waals surface area contributed by atoms with E-state index < -0.39 is 9.84 Å². The average molecular weight is 250 g/mol. The maximum absolute atomic E-state index is 11.7. The van der Waals surface area contributed by atoms with Crippen molar-refractivity contribution in [2.75, 3.05) is 31.9 Å². The van der Waals surface area contributed by atoms with Crippen LogP contribution in [0.5, 0.6) is 0 Å². The Morgan fingerprint density at radius 3 is 2.06 bits per heavy atom. The smallest absolute Gasteiger partial charge is 0.153 e. The van der Waals surface area contributed by atoms with E-state index in [1.165, 1.54) is 0 Å². The summed E-state index contributed by atoms with van der Waals surface area (Å²) in [6, 6.07) is 0. The summed E-state index contributed by atoms with van der Waals surface area (Å²) in [5, 5.41) is -0.286. The maximum atomic E-state index is 11.7. The van der Waals surface area contributed by atoms with Gasteiger partial charge in [-0.1, -0.05) is 13.8 Å². The lowest BCUT2D eigenvalue weighted by Gasteiger charge is -2.23. The van der Waals surface area contributed by atoms with E-state index in [2.05, 4.69) is 18.7 Å². The van der Waals surface area contributed by atoms with Crippen LogP contribution in [-0.2, 0) is 9.84 Å². The van der Waals surface area contributed by atoms with Crippen molar-refractivity contribution in [3.05, 3.63) is 0 Å². The van der Waals surface area contributed by atoms with Crippen LogP contribution < -0.4 is 5.73 Å². The third-order valence-corrected chi connectivity index (χ3v) is 4.67. The summed E-state index contributed by atoms with van der Waals surface area (Å²) in [4.78, 5) is 2.13. The third kappa shape index (κ3) is 6.45. The summed E-state index contributed by atoms with van der Waals surface area (Å²) < 4.78 is 23.3. The Morgan fingerprint density at radius 1 is 1.12 bits per heavy atom. The normalized spacial score (nSPS) is 13.0. The van der Waals surface area contributed by atoms with Crippen molar-refractivity contribution in [1.82, 2.24) is 4.90 Å². The van der Waals surface area contributed by atoms with Gasteiger partial charge in [0.15, 0.2) is 9.84 Å². The summed E-state index contributed by atoms with van der Waals surface area (Å²) in [7, 11) is -2.93. The first-order valence-corrected chi connectivity index (χ1v) is 7.65. The Kier molecular flexibility index (Phi) is 7.19. The second-order valence-electron chi connectivity index (χ2n) is 4.90. The molecule has 2 N–H and O–H groups in total. The van der Waals surface area contributed by atoms with Crippen LogP contribution in [0.1, 0.15) is 27.7 Å². The molecule has 98 valence electrons. The lowest BCUT2D eigenvalue weighted by atomic mass is 10.2. The molecule has 0 saturated heterocycles. The van der Waals surface area contributed by atoms with E-state index in [0.717, 1.165) is 13.1 Å². The monoisotopic (exact) mass is 250 g/mol. The van der Waals surface area contributed by atoms with Crippen LogP contribution in [0.25, 0.3) is 0 Å². The molecule has 0 spiro atoms. The Morgan fingerprint density at radius 2 is 1.69 bits per heavy atom. The second-order valence-corrected chi connectivity index (χ2v) is 7.58. The molecule has 0 aromatic heterocycles. The second kappa shape index (κ2) is 7.25. The van der Waals surface area contributed by atoms with Crippen LogP contribution in [0.4, 0.5) is 0 Å². The lowest BCUT2D eigenvalue weighted by Crippen LogP contribution is -2.37. The zero-order chi connectivity index (χ0) is 12.8. The molecule has 4 nitrogen and oxygen atoms in total. The highest BCUT2D eigenvalue weighted by atomic mass is 32.2. The summed E-state index contributed by atoms with van der Waals surface area (Å²) >= 11 is 0. The number of nitrogens with zero attached hydrogens (tertiary/aromatic N) is 1. The first-order chi connectivity index (χ1) is 7.29. The number of sulfone groups is 1. The van der Waals surface area contributed by atoms with Crippen LogP contribution in [0.2, 0.25) is 0 Å². The molecule has 0 aromatic carbocycles. The zero-order valence-electron chi connectivity index (χ0n) is 10.9. The van der Waals surface area contributed by atoms with Gasteiger partial charge in [0.25, 0.3) is 0 Å². The van der Waals surface area contributed by atoms with E-state index in [9.17, 15) is 8.42 Å². The number of rotatable bonds is 8. The molecular weight excluding hydrogens is 224 g/mol. The van der Waals surface area contributed by atoms with Gasteiger partial charge in [0, 0.05) is 26.2 Å². The SMILES string of the molecule is CC(C)CN(CCN)CCS(=O)(=O)C(C)C. The molecule has 0 radical (unpaired) electrons. The largest absolute Gasteiger partial charge is 0.329 e. The zero-order valence-corrected chi connectivity index (χ0v) is 11.8. The quantitative estimate of drug-likeness (QED) is 0.690. The molecular formula is C11H26N2O2S. The van der Waals surface area contributed by atoms with Crippen LogP contribution in [-0.4, -0.2) is 50.5 Å². The molecule has 0 bridgehead atoms. The standard InChI is InChI=1S/C11H26N2O2S/c1-10(2)9-13(6-5-12)7-8-16(14,15)11(3)4/h10-11H,5-9,12H2,1-4H3. The highest BCUT2D eigenvalue weighted by Crippen LogP contribution is 2.03. The van der Waals surface area contributed by atoms with Crippen molar-refractivity contribution in [2.24, 2.45) is 11.7 Å². The Labute approximate surface area is 100 Å². The van der Waals surface area contributed by atoms with Gasteiger partial charge < -0.3 is 10.6 Å². The number of hydrogen-bond donors (Lipinski definition) is 1. The van der Waals surface area contributed by atoms with Crippen molar-refractivity contribution in [1.29, 1.82) is 0 Å². The van der Waals surface area contributed by atoms with Crippen LogP contribution in [0.15, 0.2) is 0 Å². The summed E-state index contributed by atoms with van der Waals surface area (Å²) in [6.07, 6.45) is 0. The summed E-state index contributed by atoms with van der Waals surface area (Å²) in [6.45, 7) is 10.6. The van der Waals surface area contributed by atoms with E-state index in [1.807, 2.05) is 0 Å². The number of hydrogen-bond acceptors (Lipinski definition) is 4. The Balaban J connectivity index is 4.21. The van der Waals surface area contributed by atoms with E-state index in [0.29, 0.717) is 19.0 Å². The minimum Gasteiger partial charge on any atom is -0.329 e. The maximum Gasteiger partial charge on any atom is 0.153 e. The minimum atomic E-state index is -2.93. The van der Waals surface area contributed by atoms with E-state index in [4.69, 9.17) is 5.73 Å². The molecule has 0 aliphatic rings. The lowest BCUT2D eigenvalue weighted by molar-refractivity contribution is 0.264. The number of nitrogens with two attached hydrogens (primary N) is 1. The molecule has 16 heavy (non-hydrogen) atoms. The molecule has 0 atom stereocenters. The van der Waals surface area contributed by atoms with Crippen LogP contribution >= 0.6 is 0 Å². The molecule has 0 aliphatic carbocycles. The van der Waals surface area contributed by atoms with Gasteiger partial charge in [-0.2, -0.15) is 0 Å². The molecule has 0 saturated carbocycles. The van der Waals surface area contributed by atoms with Gasteiger partial charge in [0.1, 0.15) is 0 Å². The fourth-order valence-electron chi connectivity index (χ4n) is 1.49. The van der Waals surface area contributed by atoms with E-state index in [1.54, 1.807) is 13.8 Å². The van der Waals surface area contributed by atoms with Gasteiger partial charge in [0.2, 0.25) is 0 Å². The first-order valence-electron chi connectivity index (χ1n) is 5.93. The molecule has 0 rings (SSSR count). The fraction of sp³-hybridized carbons (Fsp3) is 1.00. The van der Waals surface area contributed by atoms with E-state index in [-0.39, 0.29) is 11.0 Å². The van der Waals surface area contributed by atoms with E-state index >= 15 is 0 Å². The van der Waals surface area contributed by atoms with Crippen LogP contribution in [0.3, 0.4) is 0 Å². The molecule has 5 heteroatoms. The minimum absolute atomic E-state index is 0.234. The third-order valence-electron chi connectivity index (χ3n) is 2.48. The van der Waals surface area contributed by atoms with Crippen molar-refractivity contribution < 1.29 is 8.42 Å². The summed E-state index contributed by atoms with van der Waals surface area (Å²) in [5.74, 6) is 0.769. The fourth-order valence-corrected chi connectivity index (χ4v) is 2.47. The molecule has 0 heterocycles. The van der Waals surface area contributed by atoms with Crippen molar-refractivity contribution in [3.8, 4) is 0 Å². The highest BCUT2D eigenvalue weighted by Gasteiger charge is 2.17. The molecule has 0 fully saturated rings. The molecule has 0 unspecified atom stereocenters. The van der Waals surface area contributed by atoms with Crippen LogP contribution in [0, 0.1) is 5.92 Å². The molecule has 0 aliphatic heterocycles. The van der Waals surface area contributed by atoms with Gasteiger partial charge >= 0.3 is 0 Å². The van der Waals surface area contributed by atoms with Gasteiger partial charge in [-0.3, -0.25) is 0 Å². The van der Waals surface area contributed by atoms with Gasteiger partial charge in [-0.15, -0.1) is 0 Å². The van der Waals surface area contributed by atoms with Crippen molar-refractivity contribution >= 4 is 9.84 Å². The topological polar surface area (TPSA) is 63.4 Å². The van der Waals surface area contributed by atoms with Crippen molar-refractivity contribution in [3.63, 3.8) is 0 Å². The van der Waals surface area contributed by atoms with Gasteiger partial charge in [-0.25, -0.2) is 8.42 Å². The predicted octanol–water partition coefficient (Wildman–Crippen LogP) is 0.726. The Bertz CT molecular complexity index is 274. The molecule has 0 aromatic rings. The highest BCUT2D eigenvalue weighted by molar-refractivity contribution is 7.92. The Hall–Kier alpha value is -0.130. The summed E-state index contributed by atoms with van der Waals surface area (Å²) in [5.41, 5.74) is 5.51. The molecule has 0 amide bonds.